The molecule has 4 saturated carbocycles. The van der Waals surface area contributed by atoms with E-state index in [0.29, 0.717) is 17.4 Å². The van der Waals surface area contributed by atoms with Crippen molar-refractivity contribution in [1.29, 1.82) is 0 Å². The fourth-order valence-electron chi connectivity index (χ4n) is 5.51. The van der Waals surface area contributed by atoms with Crippen molar-refractivity contribution in [3.63, 3.8) is 0 Å². The summed E-state index contributed by atoms with van der Waals surface area (Å²) in [7, 11) is 0. The van der Waals surface area contributed by atoms with E-state index in [1.165, 1.54) is 32.1 Å². The Morgan fingerprint density at radius 2 is 1.65 bits per heavy atom. The highest BCUT2D eigenvalue weighted by Crippen LogP contribution is 2.65. The van der Waals surface area contributed by atoms with Crippen LogP contribution in [0.5, 0.6) is 0 Å². The van der Waals surface area contributed by atoms with Gasteiger partial charge in [0.15, 0.2) is 0 Å². The van der Waals surface area contributed by atoms with E-state index in [4.69, 9.17) is 0 Å². The van der Waals surface area contributed by atoms with E-state index in [2.05, 4.69) is 13.5 Å². The molecule has 4 rings (SSSR count). The molecule has 0 spiro atoms. The van der Waals surface area contributed by atoms with Gasteiger partial charge < -0.3 is 5.11 Å². The van der Waals surface area contributed by atoms with Gasteiger partial charge in [-0.15, -0.1) is 0 Å². The van der Waals surface area contributed by atoms with Gasteiger partial charge in [-0.2, -0.15) is 0 Å². The fourth-order valence-corrected chi connectivity index (χ4v) is 5.51. The van der Waals surface area contributed by atoms with Crippen LogP contribution >= 0.6 is 0 Å². The van der Waals surface area contributed by atoms with Gasteiger partial charge in [0.2, 0.25) is 0 Å². The average molecular weight is 234 g/mol. The number of rotatable bonds is 3. The molecule has 0 radical (unpaired) electrons. The summed E-state index contributed by atoms with van der Waals surface area (Å²) in [5.41, 5.74) is 0.438. The van der Waals surface area contributed by atoms with Crippen LogP contribution in [0.2, 0.25) is 0 Å². The second-order valence-corrected chi connectivity index (χ2v) is 6.48. The van der Waals surface area contributed by atoms with Gasteiger partial charge in [0.1, 0.15) is 0 Å². The fraction of sp³-hybridized carbons (Fsp3) is 0.800. The third-order valence-electron chi connectivity index (χ3n) is 6.00. The van der Waals surface area contributed by atoms with Crippen LogP contribution in [-0.4, -0.2) is 11.1 Å². The smallest absolute Gasteiger partial charge is 0.331 e. The van der Waals surface area contributed by atoms with Crippen LogP contribution in [0.4, 0.5) is 0 Å². The van der Waals surface area contributed by atoms with Crippen LogP contribution < -0.4 is 0 Å². The lowest BCUT2D eigenvalue weighted by Gasteiger charge is -2.61. The molecule has 2 nitrogen and oxygen atoms in total. The third kappa shape index (κ3) is 1.36. The van der Waals surface area contributed by atoms with E-state index in [-0.39, 0.29) is 5.41 Å². The van der Waals surface area contributed by atoms with Crippen LogP contribution in [-0.2, 0) is 4.79 Å². The van der Waals surface area contributed by atoms with Gasteiger partial charge in [-0.1, -0.05) is 13.5 Å². The van der Waals surface area contributed by atoms with E-state index in [0.717, 1.165) is 18.3 Å². The van der Waals surface area contributed by atoms with E-state index in [1.54, 1.807) is 0 Å². The summed E-state index contributed by atoms with van der Waals surface area (Å²) in [6, 6.07) is 0. The van der Waals surface area contributed by atoms with Crippen molar-refractivity contribution >= 4 is 5.97 Å². The first-order valence-electron chi connectivity index (χ1n) is 7.00. The second-order valence-electron chi connectivity index (χ2n) is 6.48. The summed E-state index contributed by atoms with van der Waals surface area (Å²) in [4.78, 5) is 11.4. The Bertz CT molecular complexity index is 341. The number of carbonyl (C=O) groups is 1. The highest BCUT2D eigenvalue weighted by Gasteiger charge is 2.58. The van der Waals surface area contributed by atoms with Gasteiger partial charge in [-0.25, -0.2) is 4.79 Å². The summed E-state index contributed by atoms with van der Waals surface area (Å²) >= 11 is 0. The highest BCUT2D eigenvalue weighted by molar-refractivity contribution is 5.87. The minimum atomic E-state index is -0.765. The Morgan fingerprint density at radius 3 is 2.00 bits per heavy atom. The molecule has 1 N–H and O–H groups in total. The first-order chi connectivity index (χ1) is 8.07. The van der Waals surface area contributed by atoms with Crippen molar-refractivity contribution < 1.29 is 9.90 Å². The van der Waals surface area contributed by atoms with Crippen molar-refractivity contribution in [3.05, 3.63) is 12.2 Å². The molecule has 0 atom stereocenters. The molecule has 17 heavy (non-hydrogen) atoms. The van der Waals surface area contributed by atoms with Gasteiger partial charge in [0, 0.05) is 11.0 Å². The molecule has 4 aliphatic carbocycles. The van der Waals surface area contributed by atoms with Crippen molar-refractivity contribution in [3.8, 4) is 0 Å². The average Bonchev–Trinajstić information content (AvgIpc) is 2.28. The maximum Gasteiger partial charge on any atom is 0.331 e. The van der Waals surface area contributed by atoms with Gasteiger partial charge in [-0.05, 0) is 62.2 Å². The number of carboxylic acid groups (broad SMARTS) is 1. The van der Waals surface area contributed by atoms with Gasteiger partial charge in [-0.3, -0.25) is 0 Å². The topological polar surface area (TPSA) is 37.3 Å². The van der Waals surface area contributed by atoms with Crippen LogP contribution in [0.15, 0.2) is 12.2 Å². The highest BCUT2D eigenvalue weighted by atomic mass is 16.4. The Morgan fingerprint density at radius 1 is 1.18 bits per heavy atom. The Hall–Kier alpha value is -0.790. The molecule has 4 aliphatic rings. The zero-order valence-corrected chi connectivity index (χ0v) is 10.6. The molecule has 0 amide bonds. The molecule has 94 valence electrons. The maximum absolute atomic E-state index is 11.4. The normalized spacial score (nSPS) is 47.1. The van der Waals surface area contributed by atoms with E-state index >= 15 is 0 Å². The van der Waals surface area contributed by atoms with Crippen LogP contribution in [0.25, 0.3) is 0 Å². The van der Waals surface area contributed by atoms with Crippen molar-refractivity contribution in [1.82, 2.24) is 0 Å². The maximum atomic E-state index is 11.4. The quantitative estimate of drug-likeness (QED) is 0.759. The summed E-state index contributed by atoms with van der Waals surface area (Å²) in [5.74, 6) is 2.22. The monoisotopic (exact) mass is 234 g/mol. The van der Waals surface area contributed by atoms with Crippen molar-refractivity contribution in [2.75, 3.05) is 0 Å². The molecule has 0 aromatic carbocycles. The molecular formula is C15H22O2. The van der Waals surface area contributed by atoms with Crippen LogP contribution in [0.1, 0.15) is 45.4 Å². The Labute approximate surface area is 103 Å². The molecule has 0 aromatic rings. The minimum Gasteiger partial charge on any atom is -0.478 e. The minimum absolute atomic E-state index is 0.0702. The number of hydrogen-bond donors (Lipinski definition) is 1. The summed E-state index contributed by atoms with van der Waals surface area (Å²) in [6.45, 7) is 6.11. The first kappa shape index (κ1) is 11.3. The molecule has 0 aliphatic heterocycles. The van der Waals surface area contributed by atoms with Crippen molar-refractivity contribution in [2.24, 2.45) is 29.1 Å². The SMILES string of the molecule is C=C(C(=O)O)C1(CC)C2CC3CC(C2)CC1C3. The predicted octanol–water partition coefficient (Wildman–Crippen LogP) is 3.48. The standard InChI is InChI=1S/C15H22O2/c1-3-15(9(2)14(16)17)12-5-10-4-11(7-12)8-13(15)6-10/h10-13H,2-8H2,1H3,(H,16,17). The molecule has 2 heteroatoms. The van der Waals surface area contributed by atoms with Crippen LogP contribution in [0, 0.1) is 29.1 Å². The molecule has 4 bridgehead atoms. The van der Waals surface area contributed by atoms with E-state index < -0.39 is 5.97 Å². The number of hydrogen-bond acceptors (Lipinski definition) is 1. The molecule has 0 heterocycles. The van der Waals surface area contributed by atoms with Gasteiger partial charge in [0.05, 0.1) is 0 Å². The van der Waals surface area contributed by atoms with Crippen LogP contribution in [0.3, 0.4) is 0 Å². The molecule has 0 aromatic heterocycles. The summed E-state index contributed by atoms with van der Waals surface area (Å²) < 4.78 is 0. The zero-order chi connectivity index (χ0) is 12.2. The lowest BCUT2D eigenvalue weighted by Crippen LogP contribution is -2.54. The third-order valence-corrected chi connectivity index (χ3v) is 6.00. The summed E-state index contributed by atoms with van der Waals surface area (Å²) in [5, 5.41) is 9.36. The first-order valence-corrected chi connectivity index (χ1v) is 7.00. The second kappa shape index (κ2) is 3.60. The summed E-state index contributed by atoms with van der Waals surface area (Å²) in [6.07, 6.45) is 7.40. The predicted molar refractivity (Wildman–Crippen MR) is 66.5 cm³/mol. The number of aliphatic carboxylic acids is 1. The lowest BCUT2D eigenvalue weighted by molar-refractivity contribution is -0.141. The molecular weight excluding hydrogens is 212 g/mol. The number of carboxylic acids is 1. The van der Waals surface area contributed by atoms with Gasteiger partial charge in [0.25, 0.3) is 0 Å². The largest absolute Gasteiger partial charge is 0.478 e. The molecule has 0 unspecified atom stereocenters. The van der Waals surface area contributed by atoms with Gasteiger partial charge >= 0.3 is 5.97 Å². The zero-order valence-electron chi connectivity index (χ0n) is 10.6. The Balaban J connectivity index is 2.00. The van der Waals surface area contributed by atoms with E-state index in [9.17, 15) is 9.90 Å². The molecule has 0 saturated heterocycles. The van der Waals surface area contributed by atoms with Crippen molar-refractivity contribution in [2.45, 2.75) is 45.4 Å². The molecule has 4 fully saturated rings. The lowest BCUT2D eigenvalue weighted by atomic mass is 9.43. The Kier molecular flexibility index (Phi) is 2.39. The van der Waals surface area contributed by atoms with E-state index in [1.807, 2.05) is 0 Å².